The average Bonchev–Trinajstić information content (AvgIpc) is 3.69. The molecule has 7 aromatic carbocycles. The standard InChI is InChI=1S/C46H35FN2O/c1-28-18-21-35-36-16-11-17-37(44(36)50-41(35)24-28)45-48-42-34-22-20-33(47)25-31(34)19-23-40(42)49(45)43-38(29-12-7-5-8-13-29)26-32(46(2,3)4)27-39(43)30-14-9-6-10-15-30/h5-27H,1-4H3. The van der Waals surface area contributed by atoms with Gasteiger partial charge >= 0.3 is 0 Å². The Labute approximate surface area is 290 Å². The van der Waals surface area contributed by atoms with Crippen molar-refractivity contribution in [1.82, 2.24) is 9.55 Å². The molecule has 0 spiro atoms. The van der Waals surface area contributed by atoms with Crippen molar-refractivity contribution in [3.63, 3.8) is 0 Å². The molecular weight excluding hydrogens is 616 g/mol. The number of rotatable bonds is 4. The quantitative estimate of drug-likeness (QED) is 0.190. The number of furan rings is 1. The molecule has 0 atom stereocenters. The molecule has 0 aliphatic heterocycles. The average molecular weight is 651 g/mol. The predicted octanol–water partition coefficient (Wildman–Crippen LogP) is 12.8. The molecule has 0 aliphatic rings. The van der Waals surface area contributed by atoms with Crippen LogP contribution in [-0.4, -0.2) is 9.55 Å². The number of benzene rings is 7. The lowest BCUT2D eigenvalue weighted by atomic mass is 9.82. The summed E-state index contributed by atoms with van der Waals surface area (Å²) in [6.07, 6.45) is 0. The predicted molar refractivity (Wildman–Crippen MR) is 206 cm³/mol. The van der Waals surface area contributed by atoms with Gasteiger partial charge in [-0.05, 0) is 88.5 Å². The number of imidazole rings is 1. The molecular formula is C46H35FN2O. The van der Waals surface area contributed by atoms with E-state index in [1.165, 1.54) is 11.6 Å². The number of aryl methyl sites for hydroxylation is 1. The monoisotopic (exact) mass is 650 g/mol. The highest BCUT2D eigenvalue weighted by atomic mass is 19.1. The van der Waals surface area contributed by atoms with Gasteiger partial charge in [0.1, 0.15) is 22.8 Å². The van der Waals surface area contributed by atoms with Gasteiger partial charge in [0, 0.05) is 27.3 Å². The Bertz CT molecular complexity index is 2690. The van der Waals surface area contributed by atoms with Crippen LogP contribution in [0.5, 0.6) is 0 Å². The van der Waals surface area contributed by atoms with Gasteiger partial charge in [0.25, 0.3) is 0 Å². The van der Waals surface area contributed by atoms with E-state index in [1.807, 2.05) is 12.1 Å². The Morgan fingerprint density at radius 1 is 0.620 bits per heavy atom. The van der Waals surface area contributed by atoms with Crippen LogP contribution in [0, 0.1) is 12.7 Å². The summed E-state index contributed by atoms with van der Waals surface area (Å²) in [6.45, 7) is 8.87. The zero-order valence-corrected chi connectivity index (χ0v) is 28.5. The fourth-order valence-electron chi connectivity index (χ4n) is 7.31. The lowest BCUT2D eigenvalue weighted by molar-refractivity contribution is 0.590. The molecule has 0 amide bonds. The second-order valence-electron chi connectivity index (χ2n) is 14.3. The number of aromatic nitrogens is 2. The van der Waals surface area contributed by atoms with Crippen LogP contribution < -0.4 is 0 Å². The largest absolute Gasteiger partial charge is 0.455 e. The van der Waals surface area contributed by atoms with Crippen molar-refractivity contribution in [2.75, 3.05) is 0 Å². The Hall–Kier alpha value is -6.00. The summed E-state index contributed by atoms with van der Waals surface area (Å²) in [5.41, 5.74) is 12.0. The molecule has 0 fully saturated rings. The molecule has 242 valence electrons. The fourth-order valence-corrected chi connectivity index (χ4v) is 7.31. The lowest BCUT2D eigenvalue weighted by Gasteiger charge is -2.26. The highest BCUT2D eigenvalue weighted by Crippen LogP contribution is 2.45. The van der Waals surface area contributed by atoms with Gasteiger partial charge in [-0.1, -0.05) is 112 Å². The van der Waals surface area contributed by atoms with E-state index >= 15 is 0 Å². The van der Waals surface area contributed by atoms with Crippen LogP contribution in [0.2, 0.25) is 0 Å². The summed E-state index contributed by atoms with van der Waals surface area (Å²) in [5, 5.41) is 3.81. The fraction of sp³-hybridized carbons (Fsp3) is 0.109. The number of nitrogens with zero attached hydrogens (tertiary/aromatic N) is 2. The van der Waals surface area contributed by atoms with Crippen molar-refractivity contribution in [2.24, 2.45) is 0 Å². The molecule has 0 saturated heterocycles. The molecule has 0 N–H and O–H groups in total. The van der Waals surface area contributed by atoms with Crippen molar-refractivity contribution >= 4 is 43.7 Å². The second-order valence-corrected chi connectivity index (χ2v) is 14.3. The summed E-state index contributed by atoms with van der Waals surface area (Å²) in [7, 11) is 0. The number of hydrogen-bond acceptors (Lipinski definition) is 2. The van der Waals surface area contributed by atoms with E-state index in [4.69, 9.17) is 9.40 Å². The molecule has 0 bridgehead atoms. The van der Waals surface area contributed by atoms with Crippen molar-refractivity contribution in [1.29, 1.82) is 0 Å². The Morgan fingerprint density at radius 3 is 1.98 bits per heavy atom. The molecule has 0 unspecified atom stereocenters. The van der Waals surface area contributed by atoms with Crippen molar-refractivity contribution in [3.8, 4) is 39.3 Å². The summed E-state index contributed by atoms with van der Waals surface area (Å²) in [4.78, 5) is 5.48. The van der Waals surface area contributed by atoms with Crippen LogP contribution in [0.15, 0.2) is 144 Å². The number of para-hydroxylation sites is 1. The maximum absolute atomic E-state index is 14.5. The Balaban J connectivity index is 1.49. The van der Waals surface area contributed by atoms with Gasteiger partial charge in [-0.25, -0.2) is 9.37 Å². The molecule has 50 heavy (non-hydrogen) atoms. The Kier molecular flexibility index (Phi) is 6.79. The van der Waals surface area contributed by atoms with Gasteiger partial charge < -0.3 is 4.42 Å². The van der Waals surface area contributed by atoms with Gasteiger partial charge in [0.2, 0.25) is 0 Å². The van der Waals surface area contributed by atoms with E-state index in [0.717, 1.165) is 88.6 Å². The van der Waals surface area contributed by atoms with Gasteiger partial charge in [0.05, 0.1) is 22.3 Å². The highest BCUT2D eigenvalue weighted by molar-refractivity contribution is 6.11. The van der Waals surface area contributed by atoms with Crippen molar-refractivity contribution in [3.05, 3.63) is 156 Å². The first-order valence-electron chi connectivity index (χ1n) is 17.1. The molecule has 3 nitrogen and oxygen atoms in total. The minimum absolute atomic E-state index is 0.107. The molecule has 0 saturated carbocycles. The van der Waals surface area contributed by atoms with Gasteiger partial charge in [-0.3, -0.25) is 4.57 Å². The molecule has 4 heteroatoms. The minimum Gasteiger partial charge on any atom is -0.455 e. The first-order chi connectivity index (χ1) is 24.2. The first-order valence-corrected chi connectivity index (χ1v) is 17.1. The van der Waals surface area contributed by atoms with Crippen LogP contribution in [0.4, 0.5) is 4.39 Å². The van der Waals surface area contributed by atoms with Crippen LogP contribution >= 0.6 is 0 Å². The summed E-state index contributed by atoms with van der Waals surface area (Å²) < 4.78 is 23.5. The van der Waals surface area contributed by atoms with E-state index in [2.05, 4.69) is 148 Å². The Morgan fingerprint density at radius 2 is 1.30 bits per heavy atom. The van der Waals surface area contributed by atoms with E-state index in [9.17, 15) is 4.39 Å². The third-order valence-corrected chi connectivity index (χ3v) is 9.87. The number of hydrogen-bond donors (Lipinski definition) is 0. The van der Waals surface area contributed by atoms with Crippen LogP contribution in [0.3, 0.4) is 0 Å². The minimum atomic E-state index is -0.269. The van der Waals surface area contributed by atoms with Gasteiger partial charge in [0.15, 0.2) is 0 Å². The molecule has 0 aliphatic carbocycles. The smallest absolute Gasteiger partial charge is 0.149 e. The van der Waals surface area contributed by atoms with E-state index in [1.54, 1.807) is 6.07 Å². The van der Waals surface area contributed by atoms with Crippen LogP contribution in [0.1, 0.15) is 31.9 Å². The van der Waals surface area contributed by atoms with Crippen molar-refractivity contribution in [2.45, 2.75) is 33.1 Å². The molecule has 9 aromatic rings. The van der Waals surface area contributed by atoms with Crippen LogP contribution in [-0.2, 0) is 5.41 Å². The third-order valence-electron chi connectivity index (χ3n) is 9.87. The summed E-state index contributed by atoms with van der Waals surface area (Å²) >= 11 is 0. The maximum atomic E-state index is 14.5. The first kappa shape index (κ1) is 30.1. The molecule has 2 aromatic heterocycles. The number of fused-ring (bicyclic) bond motifs is 6. The van der Waals surface area contributed by atoms with E-state index in [-0.39, 0.29) is 11.2 Å². The summed E-state index contributed by atoms with van der Waals surface area (Å²) in [5.74, 6) is 0.491. The van der Waals surface area contributed by atoms with E-state index < -0.39 is 0 Å². The topological polar surface area (TPSA) is 31.0 Å². The van der Waals surface area contributed by atoms with E-state index in [0.29, 0.717) is 0 Å². The highest BCUT2D eigenvalue weighted by Gasteiger charge is 2.27. The lowest BCUT2D eigenvalue weighted by Crippen LogP contribution is -2.13. The SMILES string of the molecule is Cc1ccc2c(c1)oc1c(-c3nc4c5ccc(F)cc5ccc4n3-c3c(-c4ccccc4)cc(C(C)(C)C)cc3-c3ccccc3)cccc12. The molecule has 2 heterocycles. The molecule has 9 rings (SSSR count). The van der Waals surface area contributed by atoms with Gasteiger partial charge in [-0.2, -0.15) is 0 Å². The van der Waals surface area contributed by atoms with Crippen molar-refractivity contribution < 1.29 is 8.81 Å². The third kappa shape index (κ3) is 4.82. The normalized spacial score (nSPS) is 12.1. The molecule has 0 radical (unpaired) electrons. The summed E-state index contributed by atoms with van der Waals surface area (Å²) in [6, 6.07) is 47.6. The van der Waals surface area contributed by atoms with Crippen LogP contribution in [0.25, 0.3) is 83.1 Å². The van der Waals surface area contributed by atoms with Gasteiger partial charge in [-0.15, -0.1) is 0 Å². The maximum Gasteiger partial charge on any atom is 0.149 e. The number of halogens is 1. The zero-order valence-electron chi connectivity index (χ0n) is 28.5. The second kappa shape index (κ2) is 11.3. The zero-order chi connectivity index (χ0) is 34.1.